The predicted molar refractivity (Wildman–Crippen MR) is 82.2 cm³/mol. The summed E-state index contributed by atoms with van der Waals surface area (Å²) in [4.78, 5) is 12.0. The largest absolute Gasteiger partial charge is 0.373 e. The molecule has 0 heterocycles. The Bertz CT molecular complexity index is 481. The molecule has 3 nitrogen and oxygen atoms in total. The molecule has 0 saturated carbocycles. The molecule has 1 aromatic rings. The quantitative estimate of drug-likeness (QED) is 0.885. The van der Waals surface area contributed by atoms with Gasteiger partial charge in [-0.3, -0.25) is 4.79 Å². The fraction of sp³-hybridized carbons (Fsp3) is 0.500. The highest BCUT2D eigenvalue weighted by atomic mass is 35.5. The molecule has 0 fully saturated rings. The normalized spacial score (nSPS) is 13.0. The van der Waals surface area contributed by atoms with E-state index in [1.165, 1.54) is 0 Å². The zero-order valence-corrected chi connectivity index (χ0v) is 13.4. The Morgan fingerprint density at radius 1 is 1.21 bits per heavy atom. The third-order valence-corrected chi connectivity index (χ3v) is 3.23. The first-order valence-electron chi connectivity index (χ1n) is 6.14. The minimum atomic E-state index is -0.393. The molecule has 1 atom stereocenters. The van der Waals surface area contributed by atoms with E-state index in [2.05, 4.69) is 10.6 Å². The number of carbonyl (C=O) groups excluding carboxylic acids is 1. The summed E-state index contributed by atoms with van der Waals surface area (Å²) in [6.45, 7) is 9.48. The van der Waals surface area contributed by atoms with E-state index in [4.69, 9.17) is 23.2 Å². The van der Waals surface area contributed by atoms with E-state index in [0.717, 1.165) is 5.56 Å². The maximum atomic E-state index is 12.0. The van der Waals surface area contributed by atoms with Gasteiger partial charge in [0.15, 0.2) is 0 Å². The van der Waals surface area contributed by atoms with Gasteiger partial charge in [0.05, 0.1) is 10.7 Å². The highest BCUT2D eigenvalue weighted by Crippen LogP contribution is 2.29. The van der Waals surface area contributed by atoms with Crippen LogP contribution in [0.3, 0.4) is 0 Å². The monoisotopic (exact) mass is 302 g/mol. The second-order valence-electron chi connectivity index (χ2n) is 5.69. The van der Waals surface area contributed by atoms with Gasteiger partial charge < -0.3 is 10.6 Å². The first kappa shape index (κ1) is 16.1. The summed E-state index contributed by atoms with van der Waals surface area (Å²) in [5.41, 5.74) is 1.31. The van der Waals surface area contributed by atoms with Crippen LogP contribution in [0.4, 0.5) is 5.69 Å². The molecule has 1 aromatic carbocycles. The van der Waals surface area contributed by atoms with Crippen molar-refractivity contribution in [2.45, 2.75) is 46.2 Å². The van der Waals surface area contributed by atoms with Gasteiger partial charge in [0.2, 0.25) is 5.91 Å². The van der Waals surface area contributed by atoms with E-state index in [-0.39, 0.29) is 11.4 Å². The molecule has 0 bridgehead atoms. The molecule has 0 aliphatic rings. The summed E-state index contributed by atoms with van der Waals surface area (Å²) >= 11 is 12.2. The molecule has 19 heavy (non-hydrogen) atoms. The van der Waals surface area contributed by atoms with E-state index >= 15 is 0 Å². The zero-order valence-electron chi connectivity index (χ0n) is 11.9. The predicted octanol–water partition coefficient (Wildman–Crippen LogP) is 4.02. The Morgan fingerprint density at radius 3 is 2.32 bits per heavy atom. The van der Waals surface area contributed by atoms with Crippen LogP contribution in [0.5, 0.6) is 0 Å². The topological polar surface area (TPSA) is 41.1 Å². The Kier molecular flexibility index (Phi) is 5.11. The van der Waals surface area contributed by atoms with Gasteiger partial charge >= 0.3 is 0 Å². The van der Waals surface area contributed by atoms with E-state index in [1.54, 1.807) is 19.1 Å². The third-order valence-electron chi connectivity index (χ3n) is 2.51. The molecule has 0 saturated heterocycles. The maximum Gasteiger partial charge on any atom is 0.242 e. The van der Waals surface area contributed by atoms with Crippen molar-refractivity contribution in [3.8, 4) is 0 Å². The van der Waals surface area contributed by atoms with Gasteiger partial charge in [-0.15, -0.1) is 0 Å². The molecule has 0 aliphatic carbocycles. The molecule has 1 unspecified atom stereocenters. The first-order valence-corrected chi connectivity index (χ1v) is 6.90. The van der Waals surface area contributed by atoms with Crippen LogP contribution in [0.15, 0.2) is 12.1 Å². The van der Waals surface area contributed by atoms with Gasteiger partial charge in [-0.1, -0.05) is 23.2 Å². The molecule has 106 valence electrons. The molecule has 0 spiro atoms. The highest BCUT2D eigenvalue weighted by Gasteiger charge is 2.19. The third kappa shape index (κ3) is 4.92. The maximum absolute atomic E-state index is 12.0. The van der Waals surface area contributed by atoms with Crippen molar-refractivity contribution in [1.82, 2.24) is 5.32 Å². The van der Waals surface area contributed by atoms with Crippen LogP contribution < -0.4 is 10.6 Å². The van der Waals surface area contributed by atoms with Crippen LogP contribution in [-0.4, -0.2) is 17.5 Å². The standard InChI is InChI=1S/C14H20Cl2N2O/c1-8-6-11(16)12(7-10(8)15)17-9(2)13(19)18-14(3,4)5/h6-7,9,17H,1-5H3,(H,18,19). The average molecular weight is 303 g/mol. The number of aryl methyl sites for hydroxylation is 1. The number of amides is 1. The molecule has 5 heteroatoms. The molecule has 1 rings (SSSR count). The first-order chi connectivity index (χ1) is 8.60. The van der Waals surface area contributed by atoms with Crippen molar-refractivity contribution >= 4 is 34.8 Å². The fourth-order valence-electron chi connectivity index (χ4n) is 1.53. The van der Waals surface area contributed by atoms with E-state index in [1.807, 2.05) is 27.7 Å². The van der Waals surface area contributed by atoms with E-state index in [9.17, 15) is 4.79 Å². The van der Waals surface area contributed by atoms with Crippen molar-refractivity contribution in [2.75, 3.05) is 5.32 Å². The number of benzene rings is 1. The number of nitrogens with one attached hydrogen (secondary N) is 2. The van der Waals surface area contributed by atoms with Crippen molar-refractivity contribution < 1.29 is 4.79 Å². The molecule has 2 N–H and O–H groups in total. The van der Waals surface area contributed by atoms with Gasteiger partial charge in [0.25, 0.3) is 0 Å². The molecule has 1 amide bonds. The van der Waals surface area contributed by atoms with E-state index < -0.39 is 6.04 Å². The lowest BCUT2D eigenvalue weighted by Crippen LogP contribution is -2.47. The Balaban J connectivity index is 2.80. The van der Waals surface area contributed by atoms with Crippen molar-refractivity contribution in [2.24, 2.45) is 0 Å². The van der Waals surface area contributed by atoms with Crippen LogP contribution in [0.1, 0.15) is 33.3 Å². The van der Waals surface area contributed by atoms with Gasteiger partial charge in [-0.05, 0) is 52.3 Å². The van der Waals surface area contributed by atoms with Crippen molar-refractivity contribution in [3.05, 3.63) is 27.7 Å². The van der Waals surface area contributed by atoms with Crippen LogP contribution >= 0.6 is 23.2 Å². The summed E-state index contributed by atoms with van der Waals surface area (Å²) < 4.78 is 0. The summed E-state index contributed by atoms with van der Waals surface area (Å²) in [6, 6.07) is 3.12. The number of hydrogen-bond acceptors (Lipinski definition) is 2. The van der Waals surface area contributed by atoms with E-state index in [0.29, 0.717) is 15.7 Å². The summed E-state index contributed by atoms with van der Waals surface area (Å²) in [7, 11) is 0. The van der Waals surface area contributed by atoms with Gasteiger partial charge in [-0.2, -0.15) is 0 Å². The minimum absolute atomic E-state index is 0.0831. The van der Waals surface area contributed by atoms with Crippen LogP contribution in [0, 0.1) is 6.92 Å². The number of halogens is 2. The number of carbonyl (C=O) groups is 1. The minimum Gasteiger partial charge on any atom is -0.373 e. The van der Waals surface area contributed by atoms with Crippen molar-refractivity contribution in [1.29, 1.82) is 0 Å². The second-order valence-corrected chi connectivity index (χ2v) is 6.50. The summed E-state index contributed by atoms with van der Waals surface area (Å²) in [5.74, 6) is -0.0831. The molecule has 0 aromatic heterocycles. The summed E-state index contributed by atoms with van der Waals surface area (Å²) in [5, 5.41) is 7.15. The van der Waals surface area contributed by atoms with Crippen molar-refractivity contribution in [3.63, 3.8) is 0 Å². The lowest BCUT2D eigenvalue weighted by Gasteiger charge is -2.24. The lowest BCUT2D eigenvalue weighted by molar-refractivity contribution is -0.122. The van der Waals surface area contributed by atoms with Gasteiger partial charge in [0.1, 0.15) is 6.04 Å². The van der Waals surface area contributed by atoms with Gasteiger partial charge in [0, 0.05) is 10.6 Å². The smallest absolute Gasteiger partial charge is 0.242 e. The number of hydrogen-bond donors (Lipinski definition) is 2. The highest BCUT2D eigenvalue weighted by molar-refractivity contribution is 6.35. The SMILES string of the molecule is Cc1cc(Cl)c(NC(C)C(=O)NC(C)(C)C)cc1Cl. The Hall–Kier alpha value is -0.930. The fourth-order valence-corrected chi connectivity index (χ4v) is 1.97. The summed E-state index contributed by atoms with van der Waals surface area (Å²) in [6.07, 6.45) is 0. The van der Waals surface area contributed by atoms with Gasteiger partial charge in [-0.25, -0.2) is 0 Å². The number of rotatable bonds is 3. The molecule has 0 radical (unpaired) electrons. The molecular formula is C14H20Cl2N2O. The lowest BCUT2D eigenvalue weighted by atomic mass is 10.1. The average Bonchev–Trinajstić information content (AvgIpc) is 2.23. The molecular weight excluding hydrogens is 283 g/mol. The Labute approximate surface area is 124 Å². The van der Waals surface area contributed by atoms with Crippen LogP contribution in [0.2, 0.25) is 10.0 Å². The zero-order chi connectivity index (χ0) is 14.8. The second kappa shape index (κ2) is 6.02. The van der Waals surface area contributed by atoms with Crippen LogP contribution in [0.25, 0.3) is 0 Å². The number of anilines is 1. The molecule has 0 aliphatic heterocycles. The Morgan fingerprint density at radius 2 is 1.79 bits per heavy atom. The van der Waals surface area contributed by atoms with Crippen LogP contribution in [-0.2, 0) is 4.79 Å².